The molecule has 4 aromatic rings. The van der Waals surface area contributed by atoms with Crippen LogP contribution in [0.1, 0.15) is 135 Å². The summed E-state index contributed by atoms with van der Waals surface area (Å²) in [6.45, 7) is 23.7. The molecule has 2 amide bonds. The van der Waals surface area contributed by atoms with E-state index in [1.807, 2.05) is 45.2 Å². The zero-order valence-electron chi connectivity index (χ0n) is 63.3. The first-order valence-electron chi connectivity index (χ1n) is 39.0. The van der Waals surface area contributed by atoms with Crippen molar-refractivity contribution < 1.29 is 59.6 Å². The summed E-state index contributed by atoms with van der Waals surface area (Å²) in [5.74, 6) is 0.227. The van der Waals surface area contributed by atoms with E-state index in [0.717, 1.165) is 153 Å². The van der Waals surface area contributed by atoms with Gasteiger partial charge in [0.05, 0.1) is 62.2 Å². The highest BCUT2D eigenvalue weighted by molar-refractivity contribution is 7.91. The summed E-state index contributed by atoms with van der Waals surface area (Å²) < 4.78 is 101. The van der Waals surface area contributed by atoms with Gasteiger partial charge in [-0.25, -0.2) is 36.2 Å². The fraction of sp³-hybridized carbons (Fsp3) is 0.650. The van der Waals surface area contributed by atoms with Crippen LogP contribution in [0.15, 0.2) is 85.0 Å². The van der Waals surface area contributed by atoms with E-state index in [0.29, 0.717) is 87.3 Å². The summed E-state index contributed by atoms with van der Waals surface area (Å²) in [6.07, 6.45) is 19.1. The SMILES string of the molecule is C1CN(C2COC2)CCN1.COC1(OC)/C=C/C[C@H](C)[C@@H](C)S(=O)(=O)NC(=O)c2ccc3c(n2)N(C[C@@H]2CC[C@H]21)C[C@@]1(CCCc2cc(Cl)ccc21)CO3.CO[C@]1(CN2CCN(C3COC3)CC2)/C=C/C[C@H](C)[C@@H](C)S(=O)(=O)NC(=O)c2ccc3c(n2)N(C[C@@H]2CC[C@H]21)C[C@@]1(CCCc2cc(Cl)ccc21)CO3. The first-order valence-corrected chi connectivity index (χ1v) is 42.9. The molecule has 12 aliphatic rings. The maximum atomic E-state index is 13.6. The highest BCUT2D eigenvalue weighted by Crippen LogP contribution is 2.52. The Morgan fingerprint density at radius 1 is 0.570 bits per heavy atom. The standard InChI is InChI=1S/C40H54ClN5O6S.C33H42ClN3O6S.C7H14N2O/c1-27-6-4-15-40(50-3,25-44-16-18-45(19-17-44)32-22-51-23-32)34-10-8-30(34)21-46-24-39(14-5-7-29-20-31(41)9-11-33(29)39)26-52-36-13-12-35(42-37(36)46)38(47)43-53(48,49)28(27)2;1-21-7-5-16-33(41-3,42-4)27-11-9-24(27)18-37-19-32(15-6-8-23-17-25(34)10-12-26(23)32)20-43-29-14-13-28(35-30(29)37)31(38)36-44(39,40)22(21)2;1-3-9(4-2-8-1)7-5-10-6-7/h4,9,11-13,15,20,27-28,30,32,34H,5-8,10,14,16-19,21-26H2,1-3H3,(H,43,47);5,10,12-14,16-17,21-22,24,27H,6-9,11,15,18-20H2,1-4H3,(H,36,38);7-8H,1-6H2/b15-4+;16-5+;/t27-,28+,30-,34+,39-,40-;21-,22+,24-,27+,32-;/m00./s1. The van der Waals surface area contributed by atoms with E-state index in [1.165, 1.54) is 35.3 Å². The number of aryl methyl sites for hydroxylation is 2. The molecule has 4 aliphatic carbocycles. The van der Waals surface area contributed by atoms with E-state index in [1.54, 1.807) is 52.3 Å². The molecule has 584 valence electrons. The van der Waals surface area contributed by atoms with Crippen LogP contribution in [-0.2, 0) is 67.4 Å². The van der Waals surface area contributed by atoms with Gasteiger partial charge in [-0.1, -0.05) is 67.4 Å². The van der Waals surface area contributed by atoms with Gasteiger partial charge in [-0.15, -0.1) is 0 Å². The lowest BCUT2D eigenvalue weighted by Gasteiger charge is -2.52. The smallest absolute Gasteiger partial charge is 0.283 e. The summed E-state index contributed by atoms with van der Waals surface area (Å²) in [5, 5.41) is 3.17. The van der Waals surface area contributed by atoms with Gasteiger partial charge in [-0.2, -0.15) is 0 Å². The van der Waals surface area contributed by atoms with E-state index in [9.17, 15) is 26.4 Å². The van der Waals surface area contributed by atoms with Crippen molar-refractivity contribution in [3.8, 4) is 11.5 Å². The number of aromatic nitrogens is 2. The van der Waals surface area contributed by atoms with E-state index < -0.39 is 53.7 Å². The number of halogens is 2. The van der Waals surface area contributed by atoms with Crippen molar-refractivity contribution in [1.29, 1.82) is 0 Å². The van der Waals surface area contributed by atoms with Crippen LogP contribution in [0.5, 0.6) is 11.5 Å². The molecule has 23 nitrogen and oxygen atoms in total. The third-order valence-corrected chi connectivity index (χ3v) is 30.5. The number of nitrogens with zero attached hydrogens (tertiary/aromatic N) is 7. The Hall–Kier alpha value is -5.52. The van der Waals surface area contributed by atoms with Gasteiger partial charge < -0.3 is 48.3 Å². The number of allylic oxidation sites excluding steroid dienone is 2. The lowest BCUT2D eigenvalue weighted by atomic mass is 9.63. The molecule has 107 heavy (non-hydrogen) atoms. The molecule has 10 heterocycles. The molecular formula is C80H110Cl2N10O13S2. The molecule has 16 rings (SSSR count). The number of hydrogen-bond acceptors (Lipinski definition) is 21. The van der Waals surface area contributed by atoms with Crippen molar-refractivity contribution in [1.82, 2.24) is 39.4 Å². The Morgan fingerprint density at radius 3 is 1.48 bits per heavy atom. The van der Waals surface area contributed by atoms with Crippen LogP contribution < -0.4 is 34.0 Å². The molecule has 8 aliphatic heterocycles. The van der Waals surface area contributed by atoms with Gasteiger partial charge in [0.1, 0.15) is 17.0 Å². The molecule has 0 radical (unpaired) electrons. The van der Waals surface area contributed by atoms with Gasteiger partial charge >= 0.3 is 0 Å². The molecule has 4 bridgehead atoms. The average molecular weight is 1550 g/mol. The number of methoxy groups -OCH3 is 3. The number of carbonyl (C=O) groups excluding carboxylic acids is 2. The van der Waals surface area contributed by atoms with Crippen molar-refractivity contribution in [3.63, 3.8) is 0 Å². The third kappa shape index (κ3) is 16.3. The summed E-state index contributed by atoms with van der Waals surface area (Å²) >= 11 is 12.9. The maximum absolute atomic E-state index is 13.6. The van der Waals surface area contributed by atoms with Gasteiger partial charge in [-0.3, -0.25) is 24.3 Å². The number of carbonyl (C=O) groups is 2. The molecule has 3 N–H and O–H groups in total. The van der Waals surface area contributed by atoms with Crippen molar-refractivity contribution in [2.45, 2.75) is 150 Å². The second kappa shape index (κ2) is 32.7. The minimum Gasteiger partial charge on any atom is -0.489 e. The zero-order valence-corrected chi connectivity index (χ0v) is 66.4. The van der Waals surface area contributed by atoms with E-state index >= 15 is 0 Å². The molecule has 27 heteroatoms. The van der Waals surface area contributed by atoms with Crippen LogP contribution in [0, 0.1) is 35.5 Å². The molecule has 0 unspecified atom stereocenters. The zero-order chi connectivity index (χ0) is 75.0. The lowest BCUT2D eigenvalue weighted by Crippen LogP contribution is -2.61. The highest BCUT2D eigenvalue weighted by atomic mass is 35.5. The van der Waals surface area contributed by atoms with Crippen molar-refractivity contribution in [2.24, 2.45) is 35.5 Å². The predicted octanol–water partition coefficient (Wildman–Crippen LogP) is 9.24. The summed E-state index contributed by atoms with van der Waals surface area (Å²) in [5.41, 5.74) is 3.91. The second-order valence-corrected chi connectivity index (χ2v) is 37.4. The highest BCUT2D eigenvalue weighted by Gasteiger charge is 2.53. The molecule has 2 aromatic heterocycles. The van der Waals surface area contributed by atoms with Gasteiger partial charge in [0, 0.05) is 133 Å². The topological polar surface area (TPSA) is 245 Å². The van der Waals surface area contributed by atoms with Crippen LogP contribution in [0.4, 0.5) is 11.6 Å². The third-order valence-electron chi connectivity index (χ3n) is 26.2. The quantitative estimate of drug-likeness (QED) is 0.115. The Labute approximate surface area is 642 Å². The number of rotatable bonds is 7. The van der Waals surface area contributed by atoms with E-state index in [2.05, 4.69) is 75.7 Å². The lowest BCUT2D eigenvalue weighted by molar-refractivity contribution is -0.233. The van der Waals surface area contributed by atoms with Crippen LogP contribution in [0.2, 0.25) is 10.0 Å². The molecule has 6 fully saturated rings. The Morgan fingerprint density at radius 2 is 1.04 bits per heavy atom. The number of hydrogen-bond donors (Lipinski definition) is 3. The van der Waals surface area contributed by atoms with Crippen molar-refractivity contribution >= 4 is 66.7 Å². The van der Waals surface area contributed by atoms with Crippen LogP contribution in [0.25, 0.3) is 0 Å². The largest absolute Gasteiger partial charge is 0.489 e. The molecule has 2 spiro atoms. The minimum absolute atomic E-state index is 0.0350. The average Bonchev–Trinajstić information content (AvgIpc) is 1.70. The van der Waals surface area contributed by atoms with E-state index in [-0.39, 0.29) is 51.8 Å². The maximum Gasteiger partial charge on any atom is 0.283 e. The number of pyridine rings is 2. The van der Waals surface area contributed by atoms with Crippen molar-refractivity contribution in [3.05, 3.63) is 129 Å². The van der Waals surface area contributed by atoms with Crippen LogP contribution >= 0.6 is 23.2 Å². The number of piperazine rings is 2. The normalized spacial score (nSPS) is 32.9. The predicted molar refractivity (Wildman–Crippen MR) is 414 cm³/mol. The van der Waals surface area contributed by atoms with Gasteiger partial charge in [0.25, 0.3) is 11.8 Å². The molecule has 2 saturated carbocycles. The Bertz CT molecular complexity index is 4150. The summed E-state index contributed by atoms with van der Waals surface area (Å²) in [7, 11) is -2.80. The Kier molecular flexibility index (Phi) is 23.9. The number of fused-ring (bicyclic) bond motifs is 8. The fourth-order valence-electron chi connectivity index (χ4n) is 18.8. The number of ether oxygens (including phenoxy) is 7. The van der Waals surface area contributed by atoms with Crippen LogP contribution in [-0.4, -0.2) is 233 Å². The minimum atomic E-state index is -3.99. The van der Waals surface area contributed by atoms with Gasteiger partial charge in [-0.05, 0) is 197 Å². The molecular weight excluding hydrogens is 1440 g/mol. The number of amides is 2. The monoisotopic (exact) mass is 1550 g/mol. The van der Waals surface area contributed by atoms with Gasteiger partial charge in [0.15, 0.2) is 28.9 Å². The van der Waals surface area contributed by atoms with E-state index in [4.69, 9.17) is 66.3 Å². The summed E-state index contributed by atoms with van der Waals surface area (Å²) in [4.78, 5) is 48.8. The molecule has 4 saturated heterocycles. The summed E-state index contributed by atoms with van der Waals surface area (Å²) in [6, 6.07) is 20.3. The van der Waals surface area contributed by atoms with Crippen LogP contribution in [0.3, 0.4) is 0 Å². The second-order valence-electron chi connectivity index (χ2n) is 32.5. The number of sulfonamides is 2. The van der Waals surface area contributed by atoms with Crippen molar-refractivity contribution in [2.75, 3.05) is 156 Å². The van der Waals surface area contributed by atoms with Gasteiger partial charge in [0.2, 0.25) is 20.0 Å². The molecule has 2 aromatic carbocycles. The fourth-order valence-corrected chi connectivity index (χ4v) is 21.7. The first kappa shape index (κ1) is 78.2. The molecule has 11 atom stereocenters. The number of benzene rings is 2. The Balaban J connectivity index is 0.000000160. The first-order chi connectivity index (χ1) is 51.5. The number of anilines is 2. The number of nitrogens with one attached hydrogen (secondary N) is 3.